The molecular formula is C16H19NO2S. The molecule has 1 aliphatic heterocycles. The maximum atomic E-state index is 10.9. The van der Waals surface area contributed by atoms with Gasteiger partial charge in [-0.3, -0.25) is 4.98 Å². The van der Waals surface area contributed by atoms with E-state index in [1.165, 1.54) is 5.56 Å². The average Bonchev–Trinajstić information content (AvgIpc) is 3.02. The number of ether oxygens (including phenoxy) is 1. The van der Waals surface area contributed by atoms with Crippen molar-refractivity contribution < 1.29 is 9.84 Å². The second-order valence-corrected chi connectivity index (χ2v) is 6.29. The molecule has 3 nitrogen and oxygen atoms in total. The van der Waals surface area contributed by atoms with Crippen LogP contribution in [0.25, 0.3) is 0 Å². The molecule has 2 aromatic rings. The van der Waals surface area contributed by atoms with Gasteiger partial charge in [-0.2, -0.15) is 0 Å². The maximum absolute atomic E-state index is 10.9. The summed E-state index contributed by atoms with van der Waals surface area (Å²) in [6.45, 7) is 1.43. The lowest BCUT2D eigenvalue weighted by Gasteiger charge is -2.41. The molecule has 1 aromatic carbocycles. The Hall–Kier alpha value is -1.23. The normalized spacial score (nSPS) is 19.6. The molecule has 0 aliphatic carbocycles. The van der Waals surface area contributed by atoms with Crippen LogP contribution in [0.15, 0.2) is 42.0 Å². The van der Waals surface area contributed by atoms with Gasteiger partial charge in [0.1, 0.15) is 0 Å². The molecule has 20 heavy (non-hydrogen) atoms. The summed E-state index contributed by atoms with van der Waals surface area (Å²) in [7, 11) is 0. The fraction of sp³-hybridized carbons (Fsp3) is 0.438. The average molecular weight is 289 g/mol. The molecule has 1 saturated heterocycles. The second-order valence-electron chi connectivity index (χ2n) is 5.32. The monoisotopic (exact) mass is 289 g/mol. The van der Waals surface area contributed by atoms with Gasteiger partial charge in [0.05, 0.1) is 11.6 Å². The van der Waals surface area contributed by atoms with Crippen molar-refractivity contribution in [1.29, 1.82) is 0 Å². The molecule has 1 atom stereocenters. The molecule has 1 unspecified atom stereocenters. The Labute approximate surface area is 123 Å². The minimum Gasteiger partial charge on any atom is -0.392 e. The first-order valence-electron chi connectivity index (χ1n) is 7.00. The highest BCUT2D eigenvalue weighted by Gasteiger charge is 2.41. The van der Waals surface area contributed by atoms with Crippen molar-refractivity contribution in [3.8, 4) is 0 Å². The molecule has 2 heterocycles. The van der Waals surface area contributed by atoms with Crippen LogP contribution in [0.2, 0.25) is 0 Å². The van der Waals surface area contributed by atoms with E-state index in [4.69, 9.17) is 4.74 Å². The number of benzene rings is 1. The molecule has 1 fully saturated rings. The molecule has 4 heteroatoms. The fourth-order valence-corrected chi connectivity index (χ4v) is 3.68. The number of thiazole rings is 1. The van der Waals surface area contributed by atoms with Crippen LogP contribution in [-0.4, -0.2) is 29.4 Å². The van der Waals surface area contributed by atoms with Crippen LogP contribution in [0.3, 0.4) is 0 Å². The Morgan fingerprint density at radius 2 is 2.00 bits per heavy atom. The first-order chi connectivity index (χ1) is 9.81. The number of rotatable bonds is 4. The minimum atomic E-state index is -0.394. The number of aromatic nitrogens is 1. The van der Waals surface area contributed by atoms with Crippen LogP contribution in [-0.2, 0) is 16.6 Å². The van der Waals surface area contributed by atoms with Gasteiger partial charge in [0.15, 0.2) is 0 Å². The van der Waals surface area contributed by atoms with Crippen LogP contribution in [0.5, 0.6) is 0 Å². The van der Waals surface area contributed by atoms with E-state index >= 15 is 0 Å². The summed E-state index contributed by atoms with van der Waals surface area (Å²) in [4.78, 5) is 5.24. The van der Waals surface area contributed by atoms with E-state index in [0.29, 0.717) is 19.6 Å². The van der Waals surface area contributed by atoms with E-state index in [0.717, 1.165) is 17.7 Å². The highest BCUT2D eigenvalue weighted by molar-refractivity contribution is 7.09. The smallest absolute Gasteiger partial charge is 0.0794 e. The molecule has 3 rings (SSSR count). The number of hydrogen-bond donors (Lipinski definition) is 1. The Balaban J connectivity index is 1.89. The predicted molar refractivity (Wildman–Crippen MR) is 80.0 cm³/mol. The lowest BCUT2D eigenvalue weighted by atomic mass is 9.69. The van der Waals surface area contributed by atoms with E-state index in [-0.39, 0.29) is 5.41 Å². The van der Waals surface area contributed by atoms with Crippen molar-refractivity contribution in [2.45, 2.75) is 30.8 Å². The molecule has 0 radical (unpaired) electrons. The van der Waals surface area contributed by atoms with E-state index in [1.54, 1.807) is 11.3 Å². The van der Waals surface area contributed by atoms with Crippen LogP contribution in [0.1, 0.15) is 23.3 Å². The van der Waals surface area contributed by atoms with Gasteiger partial charge in [-0.05, 0) is 18.4 Å². The van der Waals surface area contributed by atoms with E-state index in [1.807, 2.05) is 29.9 Å². The first kappa shape index (κ1) is 13.7. The third kappa shape index (κ3) is 2.64. The highest BCUT2D eigenvalue weighted by Crippen LogP contribution is 2.39. The fourth-order valence-electron chi connectivity index (χ4n) is 3.05. The van der Waals surface area contributed by atoms with Gasteiger partial charge in [0.25, 0.3) is 0 Å². The van der Waals surface area contributed by atoms with Crippen LogP contribution < -0.4 is 0 Å². The maximum Gasteiger partial charge on any atom is 0.0794 e. The van der Waals surface area contributed by atoms with Crippen molar-refractivity contribution >= 4 is 11.3 Å². The molecule has 1 aliphatic rings. The van der Waals surface area contributed by atoms with Crippen molar-refractivity contribution in [1.82, 2.24) is 4.98 Å². The summed E-state index contributed by atoms with van der Waals surface area (Å²) in [5, 5.41) is 10.9. The summed E-state index contributed by atoms with van der Waals surface area (Å²) in [5.74, 6) is 0. The Bertz CT molecular complexity index is 521. The SMILES string of the molecule is OC(Cc1cncs1)C1(c2ccccc2)CCOCC1. The lowest BCUT2D eigenvalue weighted by Crippen LogP contribution is -2.45. The van der Waals surface area contributed by atoms with Gasteiger partial charge in [0.2, 0.25) is 0 Å². The second kappa shape index (κ2) is 6.04. The van der Waals surface area contributed by atoms with E-state index in [9.17, 15) is 5.11 Å². The number of aliphatic hydroxyl groups is 1. The first-order valence-corrected chi connectivity index (χ1v) is 7.88. The van der Waals surface area contributed by atoms with Crippen molar-refractivity contribution in [2.24, 2.45) is 0 Å². The van der Waals surface area contributed by atoms with Gasteiger partial charge in [-0.15, -0.1) is 11.3 Å². The Kier molecular flexibility index (Phi) is 4.15. The van der Waals surface area contributed by atoms with Gasteiger partial charge < -0.3 is 9.84 Å². The largest absolute Gasteiger partial charge is 0.392 e. The summed E-state index contributed by atoms with van der Waals surface area (Å²) in [6.07, 6.45) is 3.87. The lowest BCUT2D eigenvalue weighted by molar-refractivity contribution is -0.0151. The molecular weight excluding hydrogens is 270 g/mol. The molecule has 1 aromatic heterocycles. The summed E-state index contributed by atoms with van der Waals surface area (Å²) < 4.78 is 5.51. The van der Waals surface area contributed by atoms with Gasteiger partial charge in [0, 0.05) is 36.1 Å². The van der Waals surface area contributed by atoms with Crippen LogP contribution in [0.4, 0.5) is 0 Å². The molecule has 1 N–H and O–H groups in total. The van der Waals surface area contributed by atoms with Crippen molar-refractivity contribution in [3.05, 3.63) is 52.5 Å². The van der Waals surface area contributed by atoms with Gasteiger partial charge in [-0.1, -0.05) is 30.3 Å². The third-order valence-electron chi connectivity index (χ3n) is 4.25. The molecule has 0 bridgehead atoms. The Morgan fingerprint density at radius 1 is 1.25 bits per heavy atom. The zero-order valence-electron chi connectivity index (χ0n) is 11.4. The predicted octanol–water partition coefficient (Wildman–Crippen LogP) is 2.79. The Morgan fingerprint density at radius 3 is 2.65 bits per heavy atom. The summed E-state index contributed by atoms with van der Waals surface area (Å²) in [5.41, 5.74) is 2.85. The molecule has 0 saturated carbocycles. The third-order valence-corrected chi connectivity index (χ3v) is 5.05. The number of nitrogens with zero attached hydrogens (tertiary/aromatic N) is 1. The molecule has 0 spiro atoms. The number of aliphatic hydroxyl groups excluding tert-OH is 1. The quantitative estimate of drug-likeness (QED) is 0.941. The van der Waals surface area contributed by atoms with E-state index < -0.39 is 6.10 Å². The molecule has 0 amide bonds. The zero-order valence-corrected chi connectivity index (χ0v) is 12.2. The zero-order chi connectivity index (χ0) is 13.8. The summed E-state index contributed by atoms with van der Waals surface area (Å²) >= 11 is 1.61. The minimum absolute atomic E-state index is 0.191. The van der Waals surface area contributed by atoms with Crippen LogP contribution in [0, 0.1) is 0 Å². The topological polar surface area (TPSA) is 42.4 Å². The van der Waals surface area contributed by atoms with E-state index in [2.05, 4.69) is 17.1 Å². The van der Waals surface area contributed by atoms with Gasteiger partial charge in [-0.25, -0.2) is 0 Å². The van der Waals surface area contributed by atoms with Gasteiger partial charge >= 0.3 is 0 Å². The number of hydrogen-bond acceptors (Lipinski definition) is 4. The van der Waals surface area contributed by atoms with Crippen LogP contribution >= 0.6 is 11.3 Å². The van der Waals surface area contributed by atoms with Crippen molar-refractivity contribution in [2.75, 3.05) is 13.2 Å². The molecule has 106 valence electrons. The highest BCUT2D eigenvalue weighted by atomic mass is 32.1. The van der Waals surface area contributed by atoms with Crippen molar-refractivity contribution in [3.63, 3.8) is 0 Å². The summed E-state index contributed by atoms with van der Waals surface area (Å²) in [6, 6.07) is 10.4. The standard InChI is InChI=1S/C16H19NO2S/c18-15(10-14-11-17-12-20-14)16(6-8-19-9-7-16)13-4-2-1-3-5-13/h1-5,11-12,15,18H,6-10H2.